The van der Waals surface area contributed by atoms with Gasteiger partial charge in [-0.25, -0.2) is 13.1 Å². The van der Waals surface area contributed by atoms with Gasteiger partial charge in [0.25, 0.3) is 0 Å². The number of carboxylic acids is 1. The third-order valence-electron chi connectivity index (χ3n) is 2.44. The monoisotopic (exact) mass is 267 g/mol. The summed E-state index contributed by atoms with van der Waals surface area (Å²) in [5.74, 6) is -1.14. The molecule has 0 amide bonds. The van der Waals surface area contributed by atoms with E-state index in [1.165, 1.54) is 14.0 Å². The molecule has 7 heteroatoms. The Bertz CT molecular complexity index is 328. The molecular weight excluding hydrogens is 246 g/mol. The first kappa shape index (κ1) is 16.3. The van der Waals surface area contributed by atoms with Crippen LogP contribution in [-0.4, -0.2) is 44.5 Å². The third-order valence-corrected chi connectivity index (χ3v) is 4.35. The average molecular weight is 267 g/mol. The second-order valence-electron chi connectivity index (χ2n) is 3.93. The van der Waals surface area contributed by atoms with E-state index in [4.69, 9.17) is 9.84 Å². The Morgan fingerprint density at radius 1 is 1.41 bits per heavy atom. The smallest absolute Gasteiger partial charge is 0.321 e. The number of aliphatic carboxylic acids is 1. The topological polar surface area (TPSA) is 92.7 Å². The number of sulfonamides is 1. The van der Waals surface area contributed by atoms with Crippen LogP contribution in [0.3, 0.4) is 0 Å². The van der Waals surface area contributed by atoms with Gasteiger partial charge in [0.2, 0.25) is 10.0 Å². The highest BCUT2D eigenvalue weighted by Crippen LogP contribution is 2.07. The molecular formula is C10H21NO5S. The van der Waals surface area contributed by atoms with Gasteiger partial charge in [0, 0.05) is 13.7 Å². The number of methoxy groups -OCH3 is 1. The van der Waals surface area contributed by atoms with Crippen LogP contribution in [0.25, 0.3) is 0 Å². The molecule has 0 aliphatic rings. The van der Waals surface area contributed by atoms with E-state index < -0.39 is 27.3 Å². The molecule has 0 aromatic carbocycles. The lowest BCUT2D eigenvalue weighted by molar-refractivity contribution is -0.139. The molecule has 2 N–H and O–H groups in total. The van der Waals surface area contributed by atoms with E-state index in [0.717, 1.165) is 0 Å². The van der Waals surface area contributed by atoms with Crippen LogP contribution in [0.5, 0.6) is 0 Å². The lowest BCUT2D eigenvalue weighted by Gasteiger charge is -2.18. The van der Waals surface area contributed by atoms with Crippen molar-refractivity contribution < 1.29 is 23.1 Å². The minimum absolute atomic E-state index is 0.283. The summed E-state index contributed by atoms with van der Waals surface area (Å²) in [6.07, 6.45) is 1.22. The second-order valence-corrected chi connectivity index (χ2v) is 6.06. The largest absolute Gasteiger partial charge is 0.480 e. The van der Waals surface area contributed by atoms with E-state index in [1.54, 1.807) is 6.92 Å². The van der Waals surface area contributed by atoms with Gasteiger partial charge in [-0.05, 0) is 19.8 Å². The SMILES string of the molecule is CCCC(NS(=O)(=O)C(C)CCOC)C(=O)O. The van der Waals surface area contributed by atoms with Crippen molar-refractivity contribution in [1.29, 1.82) is 0 Å². The fourth-order valence-corrected chi connectivity index (χ4v) is 2.53. The van der Waals surface area contributed by atoms with Crippen LogP contribution >= 0.6 is 0 Å². The Balaban J connectivity index is 4.54. The van der Waals surface area contributed by atoms with Crippen molar-refractivity contribution in [1.82, 2.24) is 4.72 Å². The van der Waals surface area contributed by atoms with Crippen molar-refractivity contribution in [2.24, 2.45) is 0 Å². The lowest BCUT2D eigenvalue weighted by Crippen LogP contribution is -2.44. The average Bonchev–Trinajstić information content (AvgIpc) is 2.24. The zero-order valence-electron chi connectivity index (χ0n) is 10.5. The third kappa shape index (κ3) is 5.99. The number of nitrogens with one attached hydrogen (secondary N) is 1. The maximum absolute atomic E-state index is 11.8. The maximum Gasteiger partial charge on any atom is 0.321 e. The van der Waals surface area contributed by atoms with Crippen LogP contribution in [0.15, 0.2) is 0 Å². The molecule has 0 rings (SSSR count). The van der Waals surface area contributed by atoms with Crippen LogP contribution in [-0.2, 0) is 19.6 Å². The summed E-state index contributed by atoms with van der Waals surface area (Å²) < 4.78 is 30.6. The predicted octanol–water partition coefficient (Wildman–Crippen LogP) is 0.584. The van der Waals surface area contributed by atoms with Crippen LogP contribution in [0.4, 0.5) is 0 Å². The van der Waals surface area contributed by atoms with Gasteiger partial charge in [-0.15, -0.1) is 0 Å². The molecule has 0 radical (unpaired) electrons. The molecule has 2 unspecified atom stereocenters. The summed E-state index contributed by atoms with van der Waals surface area (Å²) in [6, 6.07) is -1.05. The van der Waals surface area contributed by atoms with Gasteiger partial charge in [0.05, 0.1) is 5.25 Å². The van der Waals surface area contributed by atoms with Crippen molar-refractivity contribution >= 4 is 16.0 Å². The maximum atomic E-state index is 11.8. The Labute approximate surface area is 102 Å². The van der Waals surface area contributed by atoms with Crippen molar-refractivity contribution in [2.75, 3.05) is 13.7 Å². The normalized spacial score (nSPS) is 15.5. The molecule has 0 aliphatic carbocycles. The van der Waals surface area contributed by atoms with Crippen molar-refractivity contribution in [2.45, 2.75) is 44.4 Å². The van der Waals surface area contributed by atoms with Crippen LogP contribution in [0.2, 0.25) is 0 Å². The molecule has 0 aliphatic heterocycles. The van der Waals surface area contributed by atoms with Gasteiger partial charge in [-0.1, -0.05) is 13.3 Å². The Morgan fingerprint density at radius 2 is 2.00 bits per heavy atom. The molecule has 17 heavy (non-hydrogen) atoms. The van der Waals surface area contributed by atoms with Crippen molar-refractivity contribution in [3.05, 3.63) is 0 Å². The summed E-state index contributed by atoms with van der Waals surface area (Å²) in [4.78, 5) is 10.9. The van der Waals surface area contributed by atoms with E-state index in [0.29, 0.717) is 19.4 Å². The first-order chi connectivity index (χ1) is 7.85. The molecule has 0 bridgehead atoms. The van der Waals surface area contributed by atoms with Gasteiger partial charge in [-0.2, -0.15) is 0 Å². The predicted molar refractivity (Wildman–Crippen MR) is 64.3 cm³/mol. The molecule has 0 heterocycles. The van der Waals surface area contributed by atoms with E-state index >= 15 is 0 Å². The Morgan fingerprint density at radius 3 is 2.41 bits per heavy atom. The van der Waals surface area contributed by atoms with Gasteiger partial charge in [-0.3, -0.25) is 4.79 Å². The summed E-state index contributed by atoms with van der Waals surface area (Å²) >= 11 is 0. The molecule has 0 saturated carbocycles. The highest BCUT2D eigenvalue weighted by atomic mass is 32.2. The molecule has 0 aromatic rings. The number of ether oxygens (including phenoxy) is 1. The molecule has 102 valence electrons. The molecule has 6 nitrogen and oxygen atoms in total. The van der Waals surface area contributed by atoms with E-state index in [1.807, 2.05) is 0 Å². The zero-order chi connectivity index (χ0) is 13.5. The highest BCUT2D eigenvalue weighted by molar-refractivity contribution is 7.90. The van der Waals surface area contributed by atoms with Crippen LogP contribution in [0.1, 0.15) is 33.1 Å². The van der Waals surface area contributed by atoms with Crippen LogP contribution < -0.4 is 4.72 Å². The first-order valence-electron chi connectivity index (χ1n) is 5.58. The van der Waals surface area contributed by atoms with Crippen molar-refractivity contribution in [3.8, 4) is 0 Å². The summed E-state index contributed by atoms with van der Waals surface area (Å²) in [7, 11) is -2.12. The van der Waals surface area contributed by atoms with E-state index in [2.05, 4.69) is 4.72 Å². The van der Waals surface area contributed by atoms with Gasteiger partial charge in [0.15, 0.2) is 0 Å². The molecule has 0 fully saturated rings. The summed E-state index contributed by atoms with van der Waals surface area (Å²) in [6.45, 7) is 3.67. The minimum atomic E-state index is -3.61. The van der Waals surface area contributed by atoms with Gasteiger partial charge >= 0.3 is 5.97 Å². The quantitative estimate of drug-likeness (QED) is 0.637. The molecule has 0 aromatic heterocycles. The minimum Gasteiger partial charge on any atom is -0.480 e. The Kier molecular flexibility index (Phi) is 7.33. The molecule has 0 saturated heterocycles. The van der Waals surface area contributed by atoms with E-state index in [9.17, 15) is 13.2 Å². The van der Waals surface area contributed by atoms with Gasteiger partial charge in [0.1, 0.15) is 6.04 Å². The first-order valence-corrected chi connectivity index (χ1v) is 7.12. The molecule has 2 atom stereocenters. The molecule has 0 spiro atoms. The lowest BCUT2D eigenvalue weighted by atomic mass is 10.2. The van der Waals surface area contributed by atoms with Crippen LogP contribution in [0, 0.1) is 0 Å². The number of hydrogen-bond acceptors (Lipinski definition) is 4. The Hall–Kier alpha value is -0.660. The highest BCUT2D eigenvalue weighted by Gasteiger charge is 2.27. The van der Waals surface area contributed by atoms with Crippen molar-refractivity contribution in [3.63, 3.8) is 0 Å². The van der Waals surface area contributed by atoms with Gasteiger partial charge < -0.3 is 9.84 Å². The standard InChI is InChI=1S/C10H21NO5S/c1-4-5-9(10(12)13)11-17(14,15)8(2)6-7-16-3/h8-9,11H,4-7H2,1-3H3,(H,12,13). The second kappa shape index (κ2) is 7.62. The number of rotatable bonds is 9. The van der Waals surface area contributed by atoms with E-state index in [-0.39, 0.29) is 6.42 Å². The summed E-state index contributed by atoms with van der Waals surface area (Å²) in [5.41, 5.74) is 0. The number of carboxylic acid groups (broad SMARTS) is 1. The summed E-state index contributed by atoms with van der Waals surface area (Å²) in [5, 5.41) is 8.21. The number of hydrogen-bond donors (Lipinski definition) is 2. The number of carbonyl (C=O) groups is 1. The fourth-order valence-electron chi connectivity index (χ4n) is 1.27. The zero-order valence-corrected chi connectivity index (χ0v) is 11.3. The fraction of sp³-hybridized carbons (Fsp3) is 0.900.